The molecule has 1 aliphatic carbocycles. The van der Waals surface area contributed by atoms with E-state index in [1.807, 2.05) is 32.3 Å². The van der Waals surface area contributed by atoms with E-state index in [-0.39, 0.29) is 0 Å². The van der Waals surface area contributed by atoms with Crippen molar-refractivity contribution >= 4 is 16.6 Å². The van der Waals surface area contributed by atoms with Crippen molar-refractivity contribution in [2.45, 2.75) is 6.54 Å². The number of para-hydroxylation sites is 1. The van der Waals surface area contributed by atoms with Crippen molar-refractivity contribution in [1.82, 2.24) is 9.47 Å². The molecule has 0 bridgehead atoms. The Labute approximate surface area is 176 Å². The maximum atomic E-state index is 5.74. The lowest BCUT2D eigenvalue weighted by atomic mass is 10.1. The number of methoxy groups -OCH3 is 2. The van der Waals surface area contributed by atoms with Gasteiger partial charge in [-0.25, -0.2) is 0 Å². The minimum Gasteiger partial charge on any atom is -0.493 e. The van der Waals surface area contributed by atoms with E-state index in [2.05, 4.69) is 45.5 Å². The summed E-state index contributed by atoms with van der Waals surface area (Å²) in [7, 11) is 7.32. The zero-order chi connectivity index (χ0) is 21.3. The highest BCUT2D eigenvalue weighted by molar-refractivity contribution is 6.30. The van der Waals surface area contributed by atoms with Crippen LogP contribution < -0.4 is 9.47 Å². The van der Waals surface area contributed by atoms with Gasteiger partial charge in [-0.2, -0.15) is 0 Å². The molecule has 0 N–H and O–H groups in total. The van der Waals surface area contributed by atoms with Gasteiger partial charge in [0.2, 0.25) is 0 Å². The highest BCUT2D eigenvalue weighted by Gasteiger charge is 2.33. The van der Waals surface area contributed by atoms with E-state index >= 15 is 0 Å². The summed E-state index contributed by atoms with van der Waals surface area (Å²) < 4.78 is 13.4. The van der Waals surface area contributed by atoms with Crippen LogP contribution in [-0.4, -0.2) is 56.6 Å². The molecular formula is C24H27N3O3. The first-order chi connectivity index (χ1) is 14.6. The first kappa shape index (κ1) is 20.0. The third kappa shape index (κ3) is 3.23. The second kappa shape index (κ2) is 8.24. The van der Waals surface area contributed by atoms with E-state index in [4.69, 9.17) is 14.3 Å². The number of rotatable bonds is 8. The molecule has 2 aromatic carbocycles. The number of ether oxygens (including phenoxy) is 2. The Morgan fingerprint density at radius 3 is 2.43 bits per heavy atom. The molecule has 6 nitrogen and oxygen atoms in total. The van der Waals surface area contributed by atoms with E-state index in [0.29, 0.717) is 24.7 Å². The Balaban J connectivity index is 1.97. The number of fused-ring (bicyclic) bond motifs is 5. The van der Waals surface area contributed by atoms with E-state index < -0.39 is 0 Å². The zero-order valence-corrected chi connectivity index (χ0v) is 17.9. The smallest absolute Gasteiger partial charge is 0.161 e. The Morgan fingerprint density at radius 1 is 1.07 bits per heavy atom. The normalized spacial score (nSPS) is 13.6. The molecule has 156 valence electrons. The molecule has 1 aliphatic rings. The third-order valence-electron chi connectivity index (χ3n) is 5.34. The molecule has 0 saturated heterocycles. The number of allylic oxidation sites excluding steroid dienone is 1. The van der Waals surface area contributed by atoms with Crippen LogP contribution in [0.3, 0.4) is 0 Å². The highest BCUT2D eigenvalue weighted by Crippen LogP contribution is 2.47. The number of aromatic nitrogens is 1. The monoisotopic (exact) mass is 405 g/mol. The van der Waals surface area contributed by atoms with Gasteiger partial charge in [0.15, 0.2) is 11.5 Å². The Bertz CT molecular complexity index is 1130. The van der Waals surface area contributed by atoms with Crippen LogP contribution in [0.4, 0.5) is 0 Å². The molecule has 30 heavy (non-hydrogen) atoms. The van der Waals surface area contributed by atoms with Crippen molar-refractivity contribution in [2.75, 3.05) is 41.5 Å². The van der Waals surface area contributed by atoms with Crippen molar-refractivity contribution in [3.05, 3.63) is 60.2 Å². The van der Waals surface area contributed by atoms with Crippen LogP contribution in [0.25, 0.3) is 22.2 Å². The fourth-order valence-corrected chi connectivity index (χ4v) is 3.98. The van der Waals surface area contributed by atoms with E-state index in [9.17, 15) is 0 Å². The van der Waals surface area contributed by atoms with Crippen LogP contribution in [0.5, 0.6) is 11.5 Å². The minimum atomic E-state index is 0.514. The average Bonchev–Trinajstić information content (AvgIpc) is 3.23. The predicted octanol–water partition coefficient (Wildman–Crippen LogP) is 4.16. The first-order valence-corrected chi connectivity index (χ1v) is 9.94. The Morgan fingerprint density at radius 2 is 1.77 bits per heavy atom. The maximum Gasteiger partial charge on any atom is 0.161 e. The van der Waals surface area contributed by atoms with Crippen molar-refractivity contribution in [2.24, 2.45) is 5.16 Å². The molecule has 0 saturated carbocycles. The third-order valence-corrected chi connectivity index (χ3v) is 5.34. The molecule has 0 unspecified atom stereocenters. The molecule has 0 aliphatic heterocycles. The zero-order valence-electron chi connectivity index (χ0n) is 17.9. The summed E-state index contributed by atoms with van der Waals surface area (Å²) in [5.74, 6) is 1.36. The summed E-state index contributed by atoms with van der Waals surface area (Å²) in [6, 6.07) is 12.4. The van der Waals surface area contributed by atoms with Crippen molar-refractivity contribution in [3.63, 3.8) is 0 Å². The van der Waals surface area contributed by atoms with Gasteiger partial charge in [0, 0.05) is 40.7 Å². The highest BCUT2D eigenvalue weighted by atomic mass is 16.6. The minimum absolute atomic E-state index is 0.514. The molecule has 3 aromatic rings. The molecular weight excluding hydrogens is 378 g/mol. The molecule has 0 fully saturated rings. The second-order valence-corrected chi connectivity index (χ2v) is 7.47. The van der Waals surface area contributed by atoms with Crippen LogP contribution in [0.15, 0.2) is 54.2 Å². The quantitative estimate of drug-likeness (QED) is 0.251. The summed E-state index contributed by atoms with van der Waals surface area (Å²) in [4.78, 5) is 7.80. The maximum absolute atomic E-state index is 5.74. The second-order valence-electron chi connectivity index (χ2n) is 7.47. The van der Waals surface area contributed by atoms with Gasteiger partial charge in [-0.05, 0) is 32.3 Å². The standard InChI is InChI=1S/C24H27N3O3/c1-6-11-27-19-10-8-7-9-16(19)22-23(25-30-13-12-26(2)3)17-14-20(28-4)21(29-5)15-18(17)24(22)27/h6-10,14-15H,1,11-13H2,2-5H3. The molecule has 1 heterocycles. The lowest BCUT2D eigenvalue weighted by molar-refractivity contribution is 0.126. The van der Waals surface area contributed by atoms with E-state index in [1.54, 1.807) is 14.2 Å². The van der Waals surface area contributed by atoms with Gasteiger partial charge < -0.3 is 23.8 Å². The van der Waals surface area contributed by atoms with Crippen LogP contribution in [0, 0.1) is 0 Å². The Kier molecular flexibility index (Phi) is 5.50. The van der Waals surface area contributed by atoms with Gasteiger partial charge in [0.25, 0.3) is 0 Å². The summed E-state index contributed by atoms with van der Waals surface area (Å²) in [6.45, 7) is 5.95. The van der Waals surface area contributed by atoms with Crippen LogP contribution in [0.1, 0.15) is 11.1 Å². The Hall–Kier alpha value is -3.25. The molecule has 6 heteroatoms. The van der Waals surface area contributed by atoms with E-state index in [1.165, 1.54) is 0 Å². The van der Waals surface area contributed by atoms with E-state index in [0.717, 1.165) is 45.5 Å². The van der Waals surface area contributed by atoms with Crippen molar-refractivity contribution in [3.8, 4) is 22.8 Å². The molecule has 0 spiro atoms. The summed E-state index contributed by atoms with van der Waals surface area (Å²) >= 11 is 0. The van der Waals surface area contributed by atoms with Gasteiger partial charge in [-0.1, -0.05) is 29.4 Å². The number of benzene rings is 2. The molecule has 0 atom stereocenters. The van der Waals surface area contributed by atoms with Crippen molar-refractivity contribution < 1.29 is 14.3 Å². The molecule has 4 rings (SSSR count). The van der Waals surface area contributed by atoms with Crippen molar-refractivity contribution in [1.29, 1.82) is 0 Å². The lowest BCUT2D eigenvalue weighted by Gasteiger charge is -2.13. The fourth-order valence-electron chi connectivity index (χ4n) is 3.98. The van der Waals surface area contributed by atoms with Crippen LogP contribution in [0.2, 0.25) is 0 Å². The number of hydrogen-bond acceptors (Lipinski definition) is 5. The average molecular weight is 405 g/mol. The number of oxime groups is 1. The summed E-state index contributed by atoms with van der Waals surface area (Å²) in [5, 5.41) is 5.72. The van der Waals surface area contributed by atoms with Gasteiger partial charge in [-0.3, -0.25) is 0 Å². The number of hydrogen-bond donors (Lipinski definition) is 0. The first-order valence-electron chi connectivity index (χ1n) is 9.94. The van der Waals surface area contributed by atoms with Gasteiger partial charge >= 0.3 is 0 Å². The molecule has 1 aromatic heterocycles. The molecule has 0 radical (unpaired) electrons. The predicted molar refractivity (Wildman–Crippen MR) is 121 cm³/mol. The van der Waals surface area contributed by atoms with Gasteiger partial charge in [0.1, 0.15) is 12.3 Å². The summed E-state index contributed by atoms with van der Waals surface area (Å²) in [5.41, 5.74) is 6.16. The molecule has 0 amide bonds. The fraction of sp³-hybridized carbons (Fsp3) is 0.292. The van der Waals surface area contributed by atoms with Gasteiger partial charge in [-0.15, -0.1) is 6.58 Å². The topological polar surface area (TPSA) is 48.2 Å². The lowest BCUT2D eigenvalue weighted by Crippen LogP contribution is -2.17. The SMILES string of the molecule is C=CCn1c2c(c3ccccc31)C(=NOCCN(C)C)c1cc(OC)c(OC)cc1-2. The summed E-state index contributed by atoms with van der Waals surface area (Å²) in [6.07, 6.45) is 1.91. The number of likely N-dealkylation sites (N-methyl/N-ethyl adjacent to an activating group) is 1. The largest absolute Gasteiger partial charge is 0.493 e. The van der Waals surface area contributed by atoms with Gasteiger partial charge in [0.05, 0.1) is 19.9 Å². The number of nitrogens with zero attached hydrogens (tertiary/aromatic N) is 3. The van der Waals surface area contributed by atoms with Crippen LogP contribution in [-0.2, 0) is 11.4 Å². The van der Waals surface area contributed by atoms with Crippen LogP contribution >= 0.6 is 0 Å².